The SMILES string of the molecule is CC(=O)O.CC(Cl)C(=O)O. The maximum absolute atomic E-state index is 9.57. The van der Waals surface area contributed by atoms with E-state index in [-0.39, 0.29) is 0 Å². The summed E-state index contributed by atoms with van der Waals surface area (Å²) in [5.74, 6) is -1.81. The first-order valence-corrected chi connectivity index (χ1v) is 2.88. The molecule has 0 saturated carbocycles. The Bertz CT molecular complexity index is 117. The fourth-order valence-corrected chi connectivity index (χ4v) is 0. The molecule has 0 aromatic rings. The minimum absolute atomic E-state index is 0.759. The molecule has 2 N–H and O–H groups in total. The summed E-state index contributed by atoms with van der Waals surface area (Å²) < 4.78 is 0. The molecular weight excluding hydrogens is 160 g/mol. The van der Waals surface area contributed by atoms with E-state index >= 15 is 0 Å². The van der Waals surface area contributed by atoms with Crippen molar-refractivity contribution in [2.24, 2.45) is 0 Å². The highest BCUT2D eigenvalue weighted by molar-refractivity contribution is 6.29. The molecular formula is C5H9ClO4. The maximum Gasteiger partial charge on any atom is 0.321 e. The van der Waals surface area contributed by atoms with Gasteiger partial charge in [-0.1, -0.05) is 0 Å². The van der Waals surface area contributed by atoms with Crippen molar-refractivity contribution in [1.82, 2.24) is 0 Å². The van der Waals surface area contributed by atoms with Crippen molar-refractivity contribution in [3.05, 3.63) is 0 Å². The molecule has 0 amide bonds. The lowest BCUT2D eigenvalue weighted by Crippen LogP contribution is -2.06. The lowest BCUT2D eigenvalue weighted by Gasteiger charge is -1.86. The zero-order valence-electron chi connectivity index (χ0n) is 5.67. The predicted molar refractivity (Wildman–Crippen MR) is 36.3 cm³/mol. The molecule has 0 aliphatic heterocycles. The van der Waals surface area contributed by atoms with Crippen LogP contribution in [0.3, 0.4) is 0 Å². The lowest BCUT2D eigenvalue weighted by molar-refractivity contribution is -0.136. The van der Waals surface area contributed by atoms with Gasteiger partial charge < -0.3 is 10.2 Å². The van der Waals surface area contributed by atoms with Crippen LogP contribution >= 0.6 is 11.6 Å². The highest BCUT2D eigenvalue weighted by atomic mass is 35.5. The van der Waals surface area contributed by atoms with Gasteiger partial charge in [0.2, 0.25) is 0 Å². The Kier molecular flexibility index (Phi) is 7.60. The molecule has 1 atom stereocenters. The monoisotopic (exact) mass is 168 g/mol. The van der Waals surface area contributed by atoms with Crippen LogP contribution in [0.15, 0.2) is 0 Å². The highest BCUT2D eigenvalue weighted by Crippen LogP contribution is 1.89. The average Bonchev–Trinajstić information content (AvgIpc) is 1.63. The van der Waals surface area contributed by atoms with Gasteiger partial charge in [-0.2, -0.15) is 0 Å². The first-order chi connectivity index (χ1) is 4.37. The van der Waals surface area contributed by atoms with E-state index in [1.807, 2.05) is 0 Å². The smallest absolute Gasteiger partial charge is 0.321 e. The van der Waals surface area contributed by atoms with Gasteiger partial charge in [-0.3, -0.25) is 9.59 Å². The molecule has 0 rings (SSSR count). The van der Waals surface area contributed by atoms with Gasteiger partial charge in [-0.05, 0) is 6.92 Å². The van der Waals surface area contributed by atoms with Gasteiger partial charge in [0.15, 0.2) is 0 Å². The fraction of sp³-hybridized carbons (Fsp3) is 0.600. The zero-order chi connectivity index (χ0) is 8.73. The summed E-state index contributed by atoms with van der Waals surface area (Å²) in [4.78, 5) is 18.6. The number of halogens is 1. The highest BCUT2D eigenvalue weighted by Gasteiger charge is 2.02. The first-order valence-electron chi connectivity index (χ1n) is 2.44. The van der Waals surface area contributed by atoms with Crippen LogP contribution in [0.5, 0.6) is 0 Å². The van der Waals surface area contributed by atoms with Gasteiger partial charge in [0.25, 0.3) is 5.97 Å². The molecule has 0 fully saturated rings. The Hall–Kier alpha value is -0.770. The fourth-order valence-electron chi connectivity index (χ4n) is 0. The summed E-state index contributed by atoms with van der Waals surface area (Å²) in [6.45, 7) is 2.49. The zero-order valence-corrected chi connectivity index (χ0v) is 6.42. The normalized spacial score (nSPS) is 10.7. The van der Waals surface area contributed by atoms with E-state index in [1.165, 1.54) is 6.92 Å². The van der Waals surface area contributed by atoms with Gasteiger partial charge >= 0.3 is 5.97 Å². The third kappa shape index (κ3) is 26.9. The second-order valence-corrected chi connectivity index (χ2v) is 2.13. The van der Waals surface area contributed by atoms with Crippen LogP contribution in [0.25, 0.3) is 0 Å². The summed E-state index contributed by atoms with van der Waals surface area (Å²) in [6.07, 6.45) is 0. The third-order valence-electron chi connectivity index (χ3n) is 0.340. The van der Waals surface area contributed by atoms with Crippen LogP contribution in [-0.2, 0) is 9.59 Å². The second-order valence-electron chi connectivity index (χ2n) is 1.47. The van der Waals surface area contributed by atoms with Gasteiger partial charge in [-0.25, -0.2) is 0 Å². The quantitative estimate of drug-likeness (QED) is 0.568. The second kappa shape index (κ2) is 6.35. The van der Waals surface area contributed by atoms with Crippen molar-refractivity contribution < 1.29 is 19.8 Å². The average molecular weight is 169 g/mol. The number of carbonyl (C=O) groups is 2. The van der Waals surface area contributed by atoms with Crippen molar-refractivity contribution >= 4 is 23.5 Å². The van der Waals surface area contributed by atoms with E-state index in [9.17, 15) is 4.79 Å². The van der Waals surface area contributed by atoms with Crippen molar-refractivity contribution in [1.29, 1.82) is 0 Å². The minimum atomic E-state index is -0.975. The molecule has 1 unspecified atom stereocenters. The number of hydrogen-bond acceptors (Lipinski definition) is 2. The summed E-state index contributed by atoms with van der Waals surface area (Å²) >= 11 is 5.01. The van der Waals surface area contributed by atoms with Crippen LogP contribution in [0.1, 0.15) is 13.8 Å². The molecule has 0 aliphatic carbocycles. The van der Waals surface area contributed by atoms with Crippen molar-refractivity contribution in [3.63, 3.8) is 0 Å². The molecule has 5 heteroatoms. The summed E-state index contributed by atoms with van der Waals surface area (Å²) in [5, 5.41) is 14.5. The minimum Gasteiger partial charge on any atom is -0.481 e. The van der Waals surface area contributed by atoms with E-state index in [2.05, 4.69) is 0 Å². The van der Waals surface area contributed by atoms with Crippen LogP contribution in [-0.4, -0.2) is 27.5 Å². The number of alkyl halides is 1. The number of hydrogen-bond donors (Lipinski definition) is 2. The van der Waals surface area contributed by atoms with Crippen molar-refractivity contribution in [2.45, 2.75) is 19.2 Å². The molecule has 0 radical (unpaired) electrons. The molecule has 0 spiro atoms. The number of carboxylic acids is 2. The molecule has 0 aromatic heterocycles. The lowest BCUT2D eigenvalue weighted by atomic mass is 10.5. The van der Waals surface area contributed by atoms with Gasteiger partial charge in [0.1, 0.15) is 5.38 Å². The van der Waals surface area contributed by atoms with E-state index in [0.717, 1.165) is 6.92 Å². The van der Waals surface area contributed by atoms with E-state index in [1.54, 1.807) is 0 Å². The van der Waals surface area contributed by atoms with Crippen LogP contribution in [0.2, 0.25) is 0 Å². The summed E-state index contributed by atoms with van der Waals surface area (Å²) in [7, 11) is 0. The van der Waals surface area contributed by atoms with E-state index < -0.39 is 17.3 Å². The Morgan fingerprint density at radius 2 is 1.50 bits per heavy atom. The molecule has 4 nitrogen and oxygen atoms in total. The van der Waals surface area contributed by atoms with Crippen molar-refractivity contribution in [3.8, 4) is 0 Å². The van der Waals surface area contributed by atoms with E-state index in [4.69, 9.17) is 26.6 Å². The molecule has 60 valence electrons. The van der Waals surface area contributed by atoms with Gasteiger partial charge in [0, 0.05) is 6.92 Å². The van der Waals surface area contributed by atoms with Crippen LogP contribution in [0.4, 0.5) is 0 Å². The largest absolute Gasteiger partial charge is 0.481 e. The number of rotatable bonds is 1. The number of carboxylic acid groups (broad SMARTS) is 2. The van der Waals surface area contributed by atoms with Crippen LogP contribution < -0.4 is 0 Å². The molecule has 0 aromatic carbocycles. The Labute approximate surface area is 63.4 Å². The predicted octanol–water partition coefficient (Wildman–Crippen LogP) is 0.789. The topological polar surface area (TPSA) is 74.6 Å². The molecule has 10 heavy (non-hydrogen) atoms. The standard InChI is InChI=1S/C3H5ClO2.C2H4O2/c1-2(4)3(5)6;1-2(3)4/h2H,1H3,(H,5,6);1H3,(H,3,4). The molecule has 0 saturated heterocycles. The molecule has 0 aliphatic rings. The molecule has 0 bridgehead atoms. The van der Waals surface area contributed by atoms with Gasteiger partial charge in [-0.15, -0.1) is 11.6 Å². The Morgan fingerprint density at radius 1 is 1.40 bits per heavy atom. The Morgan fingerprint density at radius 3 is 1.50 bits per heavy atom. The Balaban J connectivity index is 0. The number of aliphatic carboxylic acids is 2. The van der Waals surface area contributed by atoms with Crippen molar-refractivity contribution in [2.75, 3.05) is 0 Å². The first kappa shape index (κ1) is 12.0. The van der Waals surface area contributed by atoms with E-state index in [0.29, 0.717) is 0 Å². The summed E-state index contributed by atoms with van der Waals surface area (Å²) in [5.41, 5.74) is 0. The summed E-state index contributed by atoms with van der Waals surface area (Å²) in [6, 6.07) is 0. The molecule has 0 heterocycles. The third-order valence-corrected chi connectivity index (χ3v) is 0.527. The van der Waals surface area contributed by atoms with Gasteiger partial charge in [0.05, 0.1) is 0 Å². The van der Waals surface area contributed by atoms with Crippen LogP contribution in [0, 0.1) is 0 Å². The maximum atomic E-state index is 9.57.